The van der Waals surface area contributed by atoms with Gasteiger partial charge in [0.25, 0.3) is 0 Å². The lowest BCUT2D eigenvalue weighted by molar-refractivity contribution is 0.0513. The summed E-state index contributed by atoms with van der Waals surface area (Å²) in [6.45, 7) is 4.72. The Hall–Kier alpha value is -2.00. The third-order valence-electron chi connectivity index (χ3n) is 5.91. The molecule has 0 amide bonds. The first-order valence-electron chi connectivity index (χ1n) is 10.2. The zero-order valence-corrected chi connectivity index (χ0v) is 19.8. The molecule has 2 aliphatic heterocycles. The number of nitrogens with one attached hydrogen (secondary N) is 2. The molecule has 2 heterocycles. The highest BCUT2D eigenvalue weighted by Crippen LogP contribution is 2.40. The van der Waals surface area contributed by atoms with E-state index in [9.17, 15) is 0 Å². The van der Waals surface area contributed by atoms with Gasteiger partial charge in [0.15, 0.2) is 17.5 Å². The average molecular weight is 523 g/mol. The van der Waals surface area contributed by atoms with Crippen molar-refractivity contribution < 1.29 is 14.2 Å². The number of hydrogen-bond donors (Lipinski definition) is 2. The largest absolute Gasteiger partial charge is 0.454 e. The molecule has 30 heavy (non-hydrogen) atoms. The lowest BCUT2D eigenvalue weighted by Crippen LogP contribution is -2.48. The molecule has 2 N–H and O–H groups in total. The van der Waals surface area contributed by atoms with E-state index in [4.69, 9.17) is 14.2 Å². The zero-order valence-electron chi connectivity index (χ0n) is 17.5. The van der Waals surface area contributed by atoms with E-state index in [1.165, 1.54) is 11.1 Å². The maximum Gasteiger partial charge on any atom is 0.231 e. The van der Waals surface area contributed by atoms with Crippen molar-refractivity contribution in [2.24, 2.45) is 4.99 Å². The highest BCUT2D eigenvalue weighted by molar-refractivity contribution is 14.0. The van der Waals surface area contributed by atoms with Gasteiger partial charge in [0, 0.05) is 32.2 Å². The molecule has 0 aromatic heterocycles. The summed E-state index contributed by atoms with van der Waals surface area (Å²) in [5.41, 5.74) is 2.45. The third kappa shape index (κ3) is 5.00. The molecular formula is C23H30IN3O3. The molecule has 1 unspecified atom stereocenters. The van der Waals surface area contributed by atoms with Crippen molar-refractivity contribution in [3.8, 4) is 11.5 Å². The minimum Gasteiger partial charge on any atom is -0.454 e. The Bertz CT molecular complexity index is 854. The molecule has 0 spiro atoms. The van der Waals surface area contributed by atoms with Crippen LogP contribution in [0.15, 0.2) is 53.5 Å². The maximum absolute atomic E-state index is 5.66. The number of rotatable bonds is 5. The molecule has 0 aliphatic carbocycles. The minimum atomic E-state index is -0.0349. The van der Waals surface area contributed by atoms with Crippen LogP contribution in [0.4, 0.5) is 0 Å². The summed E-state index contributed by atoms with van der Waals surface area (Å²) in [7, 11) is 1.81. The molecule has 0 saturated carbocycles. The van der Waals surface area contributed by atoms with Crippen LogP contribution in [0.1, 0.15) is 36.9 Å². The summed E-state index contributed by atoms with van der Waals surface area (Å²) in [6.07, 6.45) is 1.90. The lowest BCUT2D eigenvalue weighted by Gasteiger charge is -2.38. The van der Waals surface area contributed by atoms with E-state index in [1.807, 2.05) is 19.2 Å². The summed E-state index contributed by atoms with van der Waals surface area (Å²) in [6, 6.07) is 16.8. The number of guanidine groups is 1. The Kier molecular flexibility index (Phi) is 7.82. The van der Waals surface area contributed by atoms with Gasteiger partial charge in [0.1, 0.15) is 0 Å². The van der Waals surface area contributed by atoms with E-state index in [2.05, 4.69) is 58.9 Å². The van der Waals surface area contributed by atoms with Crippen molar-refractivity contribution in [1.29, 1.82) is 0 Å². The Labute approximate surface area is 195 Å². The number of fused-ring (bicyclic) bond motifs is 1. The number of hydrogen-bond acceptors (Lipinski definition) is 4. The van der Waals surface area contributed by atoms with Crippen molar-refractivity contribution >= 4 is 29.9 Å². The smallest absolute Gasteiger partial charge is 0.231 e. The van der Waals surface area contributed by atoms with Gasteiger partial charge in [0.2, 0.25) is 6.79 Å². The van der Waals surface area contributed by atoms with Crippen molar-refractivity contribution in [3.05, 3.63) is 59.7 Å². The Morgan fingerprint density at radius 1 is 1.07 bits per heavy atom. The molecule has 162 valence electrons. The second-order valence-corrected chi connectivity index (χ2v) is 7.66. The van der Waals surface area contributed by atoms with Crippen LogP contribution in [0, 0.1) is 0 Å². The van der Waals surface area contributed by atoms with Crippen LogP contribution in [0.25, 0.3) is 0 Å². The molecule has 1 saturated heterocycles. The molecule has 0 radical (unpaired) electrons. The van der Waals surface area contributed by atoms with Crippen LogP contribution in [-0.2, 0) is 10.2 Å². The zero-order chi connectivity index (χ0) is 20.1. The standard InChI is InChI=1S/C23H29N3O3.HI/c1-17(18-6-4-3-5-7-18)26-22(24-2)25-15-23(10-12-27-13-11-23)19-8-9-20-21(14-19)29-16-28-20;/h3-9,14,17H,10-13,15-16H2,1-2H3,(H2,24,25,26);1H. The van der Waals surface area contributed by atoms with E-state index in [0.717, 1.165) is 50.1 Å². The molecule has 2 aromatic carbocycles. The first-order chi connectivity index (χ1) is 14.2. The molecule has 0 bridgehead atoms. The van der Waals surface area contributed by atoms with Crippen LogP contribution in [0.3, 0.4) is 0 Å². The summed E-state index contributed by atoms with van der Waals surface area (Å²) >= 11 is 0. The van der Waals surface area contributed by atoms with Crippen LogP contribution in [0.2, 0.25) is 0 Å². The summed E-state index contributed by atoms with van der Waals surface area (Å²) in [5, 5.41) is 7.05. The van der Waals surface area contributed by atoms with E-state index >= 15 is 0 Å². The van der Waals surface area contributed by atoms with Gasteiger partial charge in [-0.3, -0.25) is 4.99 Å². The van der Waals surface area contributed by atoms with Gasteiger partial charge in [-0.05, 0) is 43.0 Å². The number of ether oxygens (including phenoxy) is 3. The van der Waals surface area contributed by atoms with Crippen LogP contribution >= 0.6 is 24.0 Å². The normalized spacial score (nSPS) is 18.3. The monoisotopic (exact) mass is 523 g/mol. The van der Waals surface area contributed by atoms with E-state index < -0.39 is 0 Å². The maximum atomic E-state index is 5.66. The topological polar surface area (TPSA) is 64.1 Å². The molecule has 7 heteroatoms. The molecule has 4 rings (SSSR count). The Morgan fingerprint density at radius 2 is 1.80 bits per heavy atom. The summed E-state index contributed by atoms with van der Waals surface area (Å²) < 4.78 is 16.8. The van der Waals surface area contributed by atoms with Gasteiger partial charge >= 0.3 is 0 Å². The number of nitrogens with zero attached hydrogens (tertiary/aromatic N) is 1. The fraction of sp³-hybridized carbons (Fsp3) is 0.435. The summed E-state index contributed by atoms with van der Waals surface area (Å²) in [5.74, 6) is 2.44. The van der Waals surface area contributed by atoms with Crippen LogP contribution in [0.5, 0.6) is 11.5 Å². The first kappa shape index (κ1) is 22.7. The van der Waals surface area contributed by atoms with Gasteiger partial charge in [-0.15, -0.1) is 24.0 Å². The van der Waals surface area contributed by atoms with Gasteiger partial charge in [-0.25, -0.2) is 0 Å². The predicted molar refractivity (Wildman–Crippen MR) is 129 cm³/mol. The first-order valence-corrected chi connectivity index (χ1v) is 10.2. The highest BCUT2D eigenvalue weighted by Gasteiger charge is 2.36. The van der Waals surface area contributed by atoms with Crippen LogP contribution in [-0.4, -0.2) is 39.6 Å². The van der Waals surface area contributed by atoms with E-state index in [1.54, 1.807) is 0 Å². The second kappa shape index (κ2) is 10.3. The quantitative estimate of drug-likeness (QED) is 0.353. The van der Waals surface area contributed by atoms with Gasteiger partial charge in [-0.2, -0.15) is 0 Å². The fourth-order valence-corrected chi connectivity index (χ4v) is 4.03. The fourth-order valence-electron chi connectivity index (χ4n) is 4.03. The highest BCUT2D eigenvalue weighted by atomic mass is 127. The number of halogens is 1. The Morgan fingerprint density at radius 3 is 2.53 bits per heavy atom. The van der Waals surface area contributed by atoms with E-state index in [0.29, 0.717) is 6.79 Å². The molecule has 6 nitrogen and oxygen atoms in total. The summed E-state index contributed by atoms with van der Waals surface area (Å²) in [4.78, 5) is 4.44. The molecular weight excluding hydrogens is 493 g/mol. The van der Waals surface area contributed by atoms with Gasteiger partial charge in [-0.1, -0.05) is 36.4 Å². The third-order valence-corrected chi connectivity index (χ3v) is 5.91. The molecule has 1 atom stereocenters. The van der Waals surface area contributed by atoms with Crippen molar-refractivity contribution in [2.45, 2.75) is 31.2 Å². The van der Waals surface area contributed by atoms with Crippen LogP contribution < -0.4 is 20.1 Å². The molecule has 1 fully saturated rings. The van der Waals surface area contributed by atoms with Gasteiger partial charge < -0.3 is 24.8 Å². The second-order valence-electron chi connectivity index (χ2n) is 7.66. The van der Waals surface area contributed by atoms with Gasteiger partial charge in [0.05, 0.1) is 6.04 Å². The SMILES string of the molecule is CN=C(NCC1(c2ccc3c(c2)OCO3)CCOCC1)NC(C)c1ccccc1.I. The average Bonchev–Trinajstić information content (AvgIpc) is 3.25. The molecule has 2 aromatic rings. The van der Waals surface area contributed by atoms with Crippen molar-refractivity contribution in [1.82, 2.24) is 10.6 Å². The van der Waals surface area contributed by atoms with Crippen molar-refractivity contribution in [3.63, 3.8) is 0 Å². The Balaban J connectivity index is 0.00000256. The number of benzene rings is 2. The minimum absolute atomic E-state index is 0. The number of aliphatic imine (C=N–C) groups is 1. The predicted octanol–water partition coefficient (Wildman–Crippen LogP) is 4.01. The lowest BCUT2D eigenvalue weighted by atomic mass is 9.74. The molecule has 2 aliphatic rings. The van der Waals surface area contributed by atoms with E-state index in [-0.39, 0.29) is 35.4 Å². The van der Waals surface area contributed by atoms with Crippen molar-refractivity contribution in [2.75, 3.05) is 33.6 Å².